The van der Waals surface area contributed by atoms with Crippen molar-refractivity contribution in [3.63, 3.8) is 0 Å². The fraction of sp³-hybridized carbons (Fsp3) is 0.625. The van der Waals surface area contributed by atoms with E-state index in [2.05, 4.69) is 49.2 Å². The van der Waals surface area contributed by atoms with E-state index in [0.29, 0.717) is 6.04 Å². The Balaban J connectivity index is 0.000000771. The summed E-state index contributed by atoms with van der Waals surface area (Å²) in [6.07, 6.45) is 1.13. The van der Waals surface area contributed by atoms with E-state index >= 15 is 0 Å². The minimum atomic E-state index is 0.598. The zero-order valence-corrected chi connectivity index (χ0v) is 12.6. The maximum Gasteiger partial charge on any atom is 0.0386 e. The number of aryl methyl sites for hydroxylation is 2. The van der Waals surface area contributed by atoms with Gasteiger partial charge in [-0.1, -0.05) is 26.8 Å². The zero-order valence-electron chi connectivity index (χ0n) is 12.6. The van der Waals surface area contributed by atoms with Gasteiger partial charge in [0, 0.05) is 31.4 Å². The maximum atomic E-state index is 3.43. The molecule has 1 N–H and O–H groups in total. The Morgan fingerprint density at radius 2 is 2.06 bits per heavy atom. The van der Waals surface area contributed by atoms with Crippen LogP contribution < -0.4 is 10.2 Å². The third-order valence-corrected chi connectivity index (χ3v) is 3.55. The lowest BCUT2D eigenvalue weighted by Gasteiger charge is -2.36. The Hall–Kier alpha value is -1.02. The number of nitrogens with one attached hydrogen (secondary N) is 1. The molecule has 0 aliphatic carbocycles. The van der Waals surface area contributed by atoms with E-state index in [-0.39, 0.29) is 0 Å². The maximum absolute atomic E-state index is 3.43. The lowest BCUT2D eigenvalue weighted by molar-refractivity contribution is 0.501. The van der Waals surface area contributed by atoms with Crippen molar-refractivity contribution in [3.05, 3.63) is 29.3 Å². The van der Waals surface area contributed by atoms with E-state index in [9.17, 15) is 0 Å². The highest BCUT2D eigenvalue weighted by molar-refractivity contribution is 5.52. The van der Waals surface area contributed by atoms with Crippen molar-refractivity contribution in [2.75, 3.05) is 24.5 Å². The van der Waals surface area contributed by atoms with E-state index in [0.717, 1.165) is 26.1 Å². The first-order chi connectivity index (χ1) is 8.72. The van der Waals surface area contributed by atoms with Crippen LogP contribution >= 0.6 is 0 Å². The molecule has 2 heteroatoms. The summed E-state index contributed by atoms with van der Waals surface area (Å²) in [5.41, 5.74) is 4.27. The number of benzene rings is 1. The van der Waals surface area contributed by atoms with Gasteiger partial charge in [0.25, 0.3) is 0 Å². The Kier molecular flexibility index (Phi) is 6.20. The van der Waals surface area contributed by atoms with Crippen molar-refractivity contribution in [2.24, 2.45) is 0 Å². The quantitative estimate of drug-likeness (QED) is 0.863. The van der Waals surface area contributed by atoms with Crippen molar-refractivity contribution >= 4 is 5.69 Å². The molecule has 0 saturated carbocycles. The highest BCUT2D eigenvalue weighted by atomic mass is 15.2. The molecule has 0 bridgehead atoms. The molecule has 1 unspecified atom stereocenters. The van der Waals surface area contributed by atoms with Gasteiger partial charge in [-0.05, 0) is 43.5 Å². The zero-order chi connectivity index (χ0) is 13.5. The summed E-state index contributed by atoms with van der Waals surface area (Å²) in [5.74, 6) is 0. The molecule has 2 nitrogen and oxygen atoms in total. The van der Waals surface area contributed by atoms with Crippen molar-refractivity contribution < 1.29 is 0 Å². The number of anilines is 1. The molecule has 0 amide bonds. The average Bonchev–Trinajstić information content (AvgIpc) is 2.42. The molecule has 2 rings (SSSR count). The van der Waals surface area contributed by atoms with E-state index < -0.39 is 0 Å². The van der Waals surface area contributed by atoms with Gasteiger partial charge in [-0.15, -0.1) is 0 Å². The number of hydrogen-bond donors (Lipinski definition) is 1. The van der Waals surface area contributed by atoms with Crippen LogP contribution in [0.3, 0.4) is 0 Å². The molecule has 102 valence electrons. The molecule has 0 radical (unpaired) electrons. The lowest BCUT2D eigenvalue weighted by atomic mass is 10.0. The Morgan fingerprint density at radius 1 is 1.33 bits per heavy atom. The fourth-order valence-electron chi connectivity index (χ4n) is 2.44. The molecule has 18 heavy (non-hydrogen) atoms. The van der Waals surface area contributed by atoms with Crippen LogP contribution in [-0.4, -0.2) is 25.7 Å². The van der Waals surface area contributed by atoms with Crippen LogP contribution in [-0.2, 0) is 6.42 Å². The van der Waals surface area contributed by atoms with Gasteiger partial charge < -0.3 is 10.2 Å². The van der Waals surface area contributed by atoms with E-state index in [1.165, 1.54) is 16.8 Å². The van der Waals surface area contributed by atoms with Crippen molar-refractivity contribution in [3.8, 4) is 0 Å². The summed E-state index contributed by atoms with van der Waals surface area (Å²) in [5, 5.41) is 3.43. The predicted molar refractivity (Wildman–Crippen MR) is 81.6 cm³/mol. The highest BCUT2D eigenvalue weighted by Gasteiger charge is 2.18. The summed E-state index contributed by atoms with van der Waals surface area (Å²) in [6, 6.07) is 7.47. The van der Waals surface area contributed by atoms with Gasteiger partial charge in [0.1, 0.15) is 0 Å². The molecule has 0 spiro atoms. The van der Waals surface area contributed by atoms with Gasteiger partial charge in [0.2, 0.25) is 0 Å². The Morgan fingerprint density at radius 3 is 2.67 bits per heavy atom. The van der Waals surface area contributed by atoms with Crippen LogP contribution in [0.25, 0.3) is 0 Å². The smallest absolute Gasteiger partial charge is 0.0386 e. The van der Waals surface area contributed by atoms with Gasteiger partial charge in [0.05, 0.1) is 0 Å². The number of rotatable bonds is 2. The van der Waals surface area contributed by atoms with Crippen molar-refractivity contribution in [1.82, 2.24) is 5.32 Å². The first kappa shape index (κ1) is 15.0. The van der Waals surface area contributed by atoms with Crippen LogP contribution in [0, 0.1) is 6.92 Å². The van der Waals surface area contributed by atoms with Crippen LogP contribution in [0.2, 0.25) is 0 Å². The highest BCUT2D eigenvalue weighted by Crippen LogP contribution is 2.22. The standard InChI is InChI=1S/C14H22N2.C2H6/c1-4-13-9-14(6-5-11(13)2)16-8-7-15-10-12(16)3;1-2/h5-6,9,12,15H,4,7-8,10H2,1-3H3;1-2H3. The predicted octanol–water partition coefficient (Wildman–Crippen LogP) is 3.38. The Labute approximate surface area is 112 Å². The molecule has 1 heterocycles. The summed E-state index contributed by atoms with van der Waals surface area (Å²) in [6.45, 7) is 14.0. The van der Waals surface area contributed by atoms with Gasteiger partial charge in [-0.2, -0.15) is 0 Å². The second-order valence-corrected chi connectivity index (χ2v) is 4.71. The molecule has 1 atom stereocenters. The molecular formula is C16H28N2. The molecule has 1 fully saturated rings. The third kappa shape index (κ3) is 3.49. The van der Waals surface area contributed by atoms with Crippen LogP contribution in [0.4, 0.5) is 5.69 Å². The topological polar surface area (TPSA) is 15.3 Å². The molecule has 1 aromatic rings. The first-order valence-corrected chi connectivity index (χ1v) is 7.29. The van der Waals surface area contributed by atoms with Crippen molar-refractivity contribution in [1.29, 1.82) is 0 Å². The minimum Gasteiger partial charge on any atom is -0.366 e. The van der Waals surface area contributed by atoms with E-state index in [1.807, 2.05) is 13.8 Å². The van der Waals surface area contributed by atoms with Gasteiger partial charge in [-0.3, -0.25) is 0 Å². The molecular weight excluding hydrogens is 220 g/mol. The second-order valence-electron chi connectivity index (χ2n) is 4.71. The fourth-order valence-corrected chi connectivity index (χ4v) is 2.44. The van der Waals surface area contributed by atoms with Gasteiger partial charge in [0.15, 0.2) is 0 Å². The average molecular weight is 248 g/mol. The van der Waals surface area contributed by atoms with Crippen LogP contribution in [0.1, 0.15) is 38.8 Å². The molecule has 1 aliphatic heterocycles. The summed E-state index contributed by atoms with van der Waals surface area (Å²) in [4.78, 5) is 2.51. The number of hydrogen-bond acceptors (Lipinski definition) is 2. The van der Waals surface area contributed by atoms with Crippen molar-refractivity contribution in [2.45, 2.75) is 47.1 Å². The SMILES string of the molecule is CC.CCc1cc(N2CCNCC2C)ccc1C. The third-order valence-electron chi connectivity index (χ3n) is 3.55. The monoisotopic (exact) mass is 248 g/mol. The molecule has 0 aromatic heterocycles. The minimum absolute atomic E-state index is 0.598. The normalized spacial score (nSPS) is 19.2. The van der Waals surface area contributed by atoms with Gasteiger partial charge in [-0.25, -0.2) is 0 Å². The lowest BCUT2D eigenvalue weighted by Crippen LogP contribution is -2.49. The molecule has 1 aromatic carbocycles. The summed E-state index contributed by atoms with van der Waals surface area (Å²) in [7, 11) is 0. The summed E-state index contributed by atoms with van der Waals surface area (Å²) >= 11 is 0. The molecule has 1 aliphatic rings. The van der Waals surface area contributed by atoms with Gasteiger partial charge >= 0.3 is 0 Å². The first-order valence-electron chi connectivity index (χ1n) is 7.29. The van der Waals surface area contributed by atoms with Crippen LogP contribution in [0.5, 0.6) is 0 Å². The number of nitrogens with zero attached hydrogens (tertiary/aromatic N) is 1. The second kappa shape index (κ2) is 7.42. The summed E-state index contributed by atoms with van der Waals surface area (Å²) < 4.78 is 0. The molecule has 1 saturated heterocycles. The Bertz CT molecular complexity index is 360. The number of piperazine rings is 1. The van der Waals surface area contributed by atoms with Crippen LogP contribution in [0.15, 0.2) is 18.2 Å². The van der Waals surface area contributed by atoms with E-state index in [1.54, 1.807) is 0 Å². The largest absolute Gasteiger partial charge is 0.366 e. The van der Waals surface area contributed by atoms with E-state index in [4.69, 9.17) is 0 Å².